The van der Waals surface area contributed by atoms with E-state index >= 15 is 0 Å². The van der Waals surface area contributed by atoms with Gasteiger partial charge in [0.25, 0.3) is 5.91 Å². The van der Waals surface area contributed by atoms with Crippen molar-refractivity contribution in [2.24, 2.45) is 0 Å². The van der Waals surface area contributed by atoms with Crippen molar-refractivity contribution in [2.45, 2.75) is 37.8 Å². The Hall–Kier alpha value is -3.58. The van der Waals surface area contributed by atoms with Crippen LogP contribution in [0.4, 0.5) is 4.79 Å². The number of hydrogen-bond donors (Lipinski definition) is 2. The molecule has 2 unspecified atom stereocenters. The Kier molecular flexibility index (Phi) is 5.99. The van der Waals surface area contributed by atoms with Crippen LogP contribution < -0.4 is 10.1 Å². The third kappa shape index (κ3) is 4.36. The second kappa shape index (κ2) is 8.75. The molecule has 7 heteroatoms. The molecule has 3 aromatic rings. The van der Waals surface area contributed by atoms with Crippen LogP contribution in [0.15, 0.2) is 77.4 Å². The first-order valence-corrected chi connectivity index (χ1v) is 10.9. The highest BCUT2D eigenvalue weighted by molar-refractivity contribution is 6.06. The first-order valence-electron chi connectivity index (χ1n) is 10.9. The summed E-state index contributed by atoms with van der Waals surface area (Å²) < 4.78 is 11.0. The monoisotopic (exact) mass is 448 g/mol. The third-order valence-electron chi connectivity index (χ3n) is 6.20. The number of ether oxygens (including phenoxy) is 1. The zero-order valence-electron chi connectivity index (χ0n) is 18.9. The van der Waals surface area contributed by atoms with Gasteiger partial charge >= 0.3 is 6.03 Å². The molecule has 1 saturated heterocycles. The number of hydrogen-bond acceptors (Lipinski definition) is 5. The molecule has 0 saturated carbocycles. The Balaban J connectivity index is 1.35. The fourth-order valence-electron chi connectivity index (χ4n) is 4.04. The molecule has 172 valence electrons. The van der Waals surface area contributed by atoms with Crippen LogP contribution in [0.1, 0.15) is 37.7 Å². The number of rotatable bonds is 8. The lowest BCUT2D eigenvalue weighted by Gasteiger charge is -2.26. The van der Waals surface area contributed by atoms with Gasteiger partial charge in [-0.15, -0.1) is 0 Å². The van der Waals surface area contributed by atoms with E-state index in [1.165, 1.54) is 11.8 Å². The number of aliphatic hydroxyl groups excluding tert-OH is 1. The van der Waals surface area contributed by atoms with Gasteiger partial charge in [-0.25, -0.2) is 4.79 Å². The van der Waals surface area contributed by atoms with Crippen molar-refractivity contribution >= 4 is 11.9 Å². The molecule has 1 aliphatic rings. The van der Waals surface area contributed by atoms with E-state index in [4.69, 9.17) is 9.15 Å². The summed E-state index contributed by atoms with van der Waals surface area (Å²) in [6, 6.07) is 20.7. The summed E-state index contributed by atoms with van der Waals surface area (Å²) in [5, 5.41) is 13.1. The second-order valence-corrected chi connectivity index (χ2v) is 8.93. The zero-order chi connectivity index (χ0) is 23.6. The molecule has 0 radical (unpaired) electrons. The first kappa shape index (κ1) is 22.6. The van der Waals surface area contributed by atoms with Crippen molar-refractivity contribution in [3.05, 3.63) is 89.9 Å². The Morgan fingerprint density at radius 1 is 1.03 bits per heavy atom. The number of carbonyl (C=O) groups excluding carboxylic acids is 2. The average molecular weight is 449 g/mol. The van der Waals surface area contributed by atoms with E-state index in [0.29, 0.717) is 11.5 Å². The second-order valence-electron chi connectivity index (χ2n) is 8.93. The molecule has 1 fully saturated rings. The van der Waals surface area contributed by atoms with Gasteiger partial charge < -0.3 is 19.6 Å². The molecule has 0 aliphatic carbocycles. The summed E-state index contributed by atoms with van der Waals surface area (Å²) >= 11 is 0. The molecule has 0 spiro atoms. The zero-order valence-corrected chi connectivity index (χ0v) is 18.9. The van der Waals surface area contributed by atoms with E-state index in [-0.39, 0.29) is 18.6 Å². The van der Waals surface area contributed by atoms with E-state index in [1.807, 2.05) is 42.5 Å². The van der Waals surface area contributed by atoms with E-state index in [2.05, 4.69) is 31.3 Å². The van der Waals surface area contributed by atoms with Crippen molar-refractivity contribution in [3.8, 4) is 5.75 Å². The number of amides is 3. The van der Waals surface area contributed by atoms with Crippen LogP contribution in [0.5, 0.6) is 5.75 Å². The maximum absolute atomic E-state index is 12.8. The summed E-state index contributed by atoms with van der Waals surface area (Å²) in [5.74, 6) is 0.459. The lowest BCUT2D eigenvalue weighted by Crippen LogP contribution is -2.42. The van der Waals surface area contributed by atoms with E-state index in [1.54, 1.807) is 19.1 Å². The highest BCUT2D eigenvalue weighted by atomic mass is 16.5. The summed E-state index contributed by atoms with van der Waals surface area (Å²) in [5.41, 5.74) is 0.897. The molecule has 7 nitrogen and oxygen atoms in total. The number of benzene rings is 2. The number of nitrogens with zero attached hydrogens (tertiary/aromatic N) is 1. The number of nitrogens with one attached hydrogen (secondary N) is 1. The van der Waals surface area contributed by atoms with Gasteiger partial charge in [-0.2, -0.15) is 0 Å². The van der Waals surface area contributed by atoms with Gasteiger partial charge in [0.15, 0.2) is 5.54 Å². The van der Waals surface area contributed by atoms with Gasteiger partial charge in [0, 0.05) is 5.41 Å². The predicted octanol–water partition coefficient (Wildman–Crippen LogP) is 3.81. The summed E-state index contributed by atoms with van der Waals surface area (Å²) in [6.45, 7) is 5.66. The number of imide groups is 1. The van der Waals surface area contributed by atoms with Crippen molar-refractivity contribution in [1.29, 1.82) is 0 Å². The molecule has 0 bridgehead atoms. The molecule has 1 aliphatic heterocycles. The first-order chi connectivity index (χ1) is 15.7. The Morgan fingerprint density at radius 2 is 1.70 bits per heavy atom. The van der Waals surface area contributed by atoms with Gasteiger partial charge in [-0.3, -0.25) is 9.69 Å². The molecule has 4 rings (SSSR count). The van der Waals surface area contributed by atoms with Gasteiger partial charge in [0.1, 0.15) is 24.2 Å². The smallest absolute Gasteiger partial charge is 0.325 e. The minimum atomic E-state index is -1.29. The highest BCUT2D eigenvalue weighted by Gasteiger charge is 2.51. The number of furan rings is 1. The normalized spacial score (nSPS) is 19.5. The molecular formula is C26H28N2O5. The van der Waals surface area contributed by atoms with Crippen molar-refractivity contribution < 1.29 is 23.8 Å². The molecule has 1 aromatic heterocycles. The van der Waals surface area contributed by atoms with Crippen LogP contribution in [-0.2, 0) is 15.7 Å². The van der Waals surface area contributed by atoms with Gasteiger partial charge in [-0.1, -0.05) is 56.3 Å². The SMILES string of the molecule is CC1(c2ccco2)NC(=O)N(CC(O)COc2ccc(C(C)(C)c3ccccc3)cc2)C1=O. The Labute approximate surface area is 193 Å². The minimum absolute atomic E-state index is 0.0596. The quantitative estimate of drug-likeness (QED) is 0.511. The third-order valence-corrected chi connectivity index (χ3v) is 6.20. The largest absolute Gasteiger partial charge is 0.491 e. The molecule has 2 atom stereocenters. The lowest BCUT2D eigenvalue weighted by atomic mass is 9.78. The van der Waals surface area contributed by atoms with E-state index in [0.717, 1.165) is 10.5 Å². The van der Waals surface area contributed by atoms with E-state index < -0.39 is 23.6 Å². The average Bonchev–Trinajstić information content (AvgIpc) is 3.43. The van der Waals surface area contributed by atoms with Crippen LogP contribution >= 0.6 is 0 Å². The van der Waals surface area contributed by atoms with Crippen LogP contribution in [0.3, 0.4) is 0 Å². The highest BCUT2D eigenvalue weighted by Crippen LogP contribution is 2.32. The van der Waals surface area contributed by atoms with Crippen LogP contribution in [0, 0.1) is 0 Å². The van der Waals surface area contributed by atoms with E-state index in [9.17, 15) is 14.7 Å². The molecule has 33 heavy (non-hydrogen) atoms. The van der Waals surface area contributed by atoms with Crippen molar-refractivity contribution in [1.82, 2.24) is 10.2 Å². The molecule has 2 N–H and O–H groups in total. The maximum Gasteiger partial charge on any atom is 0.325 e. The van der Waals surface area contributed by atoms with Crippen molar-refractivity contribution in [2.75, 3.05) is 13.2 Å². The maximum atomic E-state index is 12.8. The van der Waals surface area contributed by atoms with Crippen LogP contribution in [-0.4, -0.2) is 41.2 Å². The Morgan fingerprint density at radius 3 is 2.33 bits per heavy atom. The topological polar surface area (TPSA) is 92.0 Å². The van der Waals surface area contributed by atoms with Gasteiger partial charge in [0.05, 0.1) is 12.8 Å². The number of urea groups is 1. The molecule has 2 aromatic carbocycles. The molecule has 3 amide bonds. The van der Waals surface area contributed by atoms with Crippen LogP contribution in [0.25, 0.3) is 0 Å². The predicted molar refractivity (Wildman–Crippen MR) is 123 cm³/mol. The van der Waals surface area contributed by atoms with Crippen molar-refractivity contribution in [3.63, 3.8) is 0 Å². The lowest BCUT2D eigenvalue weighted by molar-refractivity contribution is -0.132. The molecular weight excluding hydrogens is 420 g/mol. The van der Waals surface area contributed by atoms with Crippen LogP contribution in [0.2, 0.25) is 0 Å². The number of aliphatic hydroxyl groups is 1. The Bertz CT molecular complexity index is 1110. The fraction of sp³-hybridized carbons (Fsp3) is 0.308. The van der Waals surface area contributed by atoms with Gasteiger partial charge in [0.2, 0.25) is 0 Å². The minimum Gasteiger partial charge on any atom is -0.491 e. The summed E-state index contributed by atoms with van der Waals surface area (Å²) in [4.78, 5) is 26.2. The molecule has 2 heterocycles. The standard InChI is InChI=1S/C26H28N2O5/c1-25(2,18-8-5-4-6-9-18)19-11-13-21(14-12-19)33-17-20(29)16-28-23(30)26(3,27-24(28)31)22-10-7-15-32-22/h4-15,20,29H,16-17H2,1-3H3,(H,27,31). The summed E-state index contributed by atoms with van der Waals surface area (Å²) in [7, 11) is 0. The number of β-amino-alcohol motifs (C(OH)–C–C–N with tert-alkyl or cyclic N) is 1. The van der Waals surface area contributed by atoms with Gasteiger partial charge in [-0.05, 0) is 42.3 Å². The summed E-state index contributed by atoms with van der Waals surface area (Å²) in [6.07, 6.45) is 0.400. The number of carbonyl (C=O) groups is 2. The fourth-order valence-corrected chi connectivity index (χ4v) is 4.04.